The summed E-state index contributed by atoms with van der Waals surface area (Å²) in [7, 11) is 1.58. The van der Waals surface area contributed by atoms with Crippen molar-refractivity contribution in [2.75, 3.05) is 7.11 Å². The molecule has 1 heterocycles. The second-order valence-corrected chi connectivity index (χ2v) is 6.98. The number of Topliss-reactive ketones (excluding diaryl/α,β-unsaturated/α-hetero) is 1. The molecule has 0 spiro atoms. The maximum absolute atomic E-state index is 13.2. The van der Waals surface area contributed by atoms with Gasteiger partial charge in [-0.1, -0.05) is 42.5 Å². The van der Waals surface area contributed by atoms with Gasteiger partial charge in [-0.25, -0.2) is 0 Å². The summed E-state index contributed by atoms with van der Waals surface area (Å²) in [4.78, 5) is 13.2. The Hall–Kier alpha value is -3.52. The Morgan fingerprint density at radius 3 is 2.57 bits per heavy atom. The normalized spacial score (nSPS) is 21.6. The van der Waals surface area contributed by atoms with Gasteiger partial charge in [0.15, 0.2) is 5.78 Å². The number of nitrogens with zero attached hydrogens (tertiary/aromatic N) is 1. The van der Waals surface area contributed by atoms with E-state index in [-0.39, 0.29) is 23.2 Å². The number of ether oxygens (including phenoxy) is 2. The zero-order chi connectivity index (χ0) is 19.7. The highest BCUT2D eigenvalue weighted by Crippen LogP contribution is 2.47. The van der Waals surface area contributed by atoms with Crippen LogP contribution in [0.15, 0.2) is 77.4 Å². The molecule has 1 aliphatic heterocycles. The summed E-state index contributed by atoms with van der Waals surface area (Å²) in [6.45, 7) is 0. The summed E-state index contributed by atoms with van der Waals surface area (Å²) >= 11 is 0. The first-order chi connectivity index (χ1) is 13.6. The molecule has 28 heavy (non-hydrogen) atoms. The van der Waals surface area contributed by atoms with Crippen LogP contribution in [-0.4, -0.2) is 12.9 Å². The van der Waals surface area contributed by atoms with Crippen LogP contribution in [0.2, 0.25) is 0 Å². The van der Waals surface area contributed by atoms with Crippen molar-refractivity contribution in [1.82, 2.24) is 0 Å². The Morgan fingerprint density at radius 1 is 1.11 bits per heavy atom. The molecular weight excluding hydrogens is 352 g/mol. The zero-order valence-electron chi connectivity index (χ0n) is 15.5. The van der Waals surface area contributed by atoms with Gasteiger partial charge in [0.2, 0.25) is 5.88 Å². The molecule has 0 aromatic heterocycles. The van der Waals surface area contributed by atoms with E-state index in [0.29, 0.717) is 29.9 Å². The molecule has 0 fully saturated rings. The minimum Gasteiger partial charge on any atom is -0.497 e. The fourth-order valence-electron chi connectivity index (χ4n) is 4.02. The maximum atomic E-state index is 13.2. The van der Waals surface area contributed by atoms with Crippen LogP contribution < -0.4 is 10.5 Å². The van der Waals surface area contributed by atoms with Crippen molar-refractivity contribution in [3.05, 3.63) is 88.5 Å². The molecule has 140 valence electrons. The summed E-state index contributed by atoms with van der Waals surface area (Å²) in [5.41, 5.74) is 8.77. The van der Waals surface area contributed by atoms with Crippen molar-refractivity contribution in [3.63, 3.8) is 0 Å². The fraction of sp³-hybridized carbons (Fsp3) is 0.217. The molecule has 0 unspecified atom stereocenters. The second kappa shape index (κ2) is 7.24. The fourth-order valence-corrected chi connectivity index (χ4v) is 4.02. The third kappa shape index (κ3) is 3.03. The molecule has 0 bridgehead atoms. The van der Waals surface area contributed by atoms with Crippen LogP contribution in [0.25, 0.3) is 0 Å². The van der Waals surface area contributed by atoms with Gasteiger partial charge in [0.05, 0.1) is 13.0 Å². The number of carbonyl (C=O) groups is 1. The van der Waals surface area contributed by atoms with Crippen molar-refractivity contribution >= 4 is 5.78 Å². The highest BCUT2D eigenvalue weighted by Gasteiger charge is 2.40. The van der Waals surface area contributed by atoms with Crippen LogP contribution in [0, 0.1) is 11.3 Å². The average molecular weight is 372 g/mol. The van der Waals surface area contributed by atoms with Crippen molar-refractivity contribution in [2.24, 2.45) is 5.73 Å². The van der Waals surface area contributed by atoms with Gasteiger partial charge in [-0.3, -0.25) is 4.79 Å². The number of hydrogen-bond acceptors (Lipinski definition) is 5. The number of hydrogen-bond donors (Lipinski definition) is 1. The lowest BCUT2D eigenvalue weighted by Crippen LogP contribution is -2.29. The number of carbonyl (C=O) groups excluding carboxylic acids is 1. The topological polar surface area (TPSA) is 85.3 Å². The van der Waals surface area contributed by atoms with Crippen LogP contribution >= 0.6 is 0 Å². The number of rotatable bonds is 3. The smallest absolute Gasteiger partial charge is 0.205 e. The van der Waals surface area contributed by atoms with Crippen LogP contribution in [-0.2, 0) is 9.53 Å². The Balaban J connectivity index is 1.80. The molecule has 2 aliphatic rings. The molecular formula is C23H20N2O3. The summed E-state index contributed by atoms with van der Waals surface area (Å²) in [6.07, 6.45) is 0.955. The van der Waals surface area contributed by atoms with E-state index in [0.717, 1.165) is 11.1 Å². The van der Waals surface area contributed by atoms with E-state index in [1.807, 2.05) is 54.6 Å². The van der Waals surface area contributed by atoms with E-state index < -0.39 is 5.92 Å². The van der Waals surface area contributed by atoms with Gasteiger partial charge in [-0.15, -0.1) is 0 Å². The zero-order valence-corrected chi connectivity index (χ0v) is 15.5. The number of methoxy groups -OCH3 is 1. The lowest BCUT2D eigenvalue weighted by molar-refractivity contribution is -0.117. The van der Waals surface area contributed by atoms with E-state index in [9.17, 15) is 10.1 Å². The highest BCUT2D eigenvalue weighted by molar-refractivity contribution is 6.00. The summed E-state index contributed by atoms with van der Waals surface area (Å²) in [6, 6.07) is 19.4. The molecule has 2 aromatic carbocycles. The van der Waals surface area contributed by atoms with E-state index in [1.54, 1.807) is 7.11 Å². The molecule has 4 rings (SSSR count). The molecule has 1 aliphatic carbocycles. The number of ketones is 1. The minimum atomic E-state index is -0.534. The Labute approximate surface area is 163 Å². The van der Waals surface area contributed by atoms with Crippen molar-refractivity contribution in [3.8, 4) is 11.8 Å². The lowest BCUT2D eigenvalue weighted by Gasteiger charge is -2.34. The predicted octanol–water partition coefficient (Wildman–Crippen LogP) is 3.90. The molecule has 0 saturated carbocycles. The van der Waals surface area contributed by atoms with Gasteiger partial charge in [0.1, 0.15) is 23.2 Å². The van der Waals surface area contributed by atoms with Crippen molar-refractivity contribution in [2.45, 2.75) is 24.7 Å². The van der Waals surface area contributed by atoms with Gasteiger partial charge in [-0.05, 0) is 29.2 Å². The van der Waals surface area contributed by atoms with E-state index in [4.69, 9.17) is 15.2 Å². The lowest BCUT2D eigenvalue weighted by atomic mass is 9.73. The molecule has 0 amide bonds. The average Bonchev–Trinajstić information content (AvgIpc) is 2.73. The largest absolute Gasteiger partial charge is 0.497 e. The Morgan fingerprint density at radius 2 is 1.86 bits per heavy atom. The summed E-state index contributed by atoms with van der Waals surface area (Å²) in [5.74, 6) is 0.781. The molecule has 2 atom stereocenters. The summed E-state index contributed by atoms with van der Waals surface area (Å²) in [5, 5.41) is 9.69. The Bertz CT molecular complexity index is 1030. The second-order valence-electron chi connectivity index (χ2n) is 6.98. The quantitative estimate of drug-likeness (QED) is 0.883. The van der Waals surface area contributed by atoms with E-state index >= 15 is 0 Å². The molecule has 0 saturated heterocycles. The van der Waals surface area contributed by atoms with Crippen LogP contribution in [0.5, 0.6) is 5.75 Å². The first kappa shape index (κ1) is 17.9. The number of benzene rings is 2. The first-order valence-corrected chi connectivity index (χ1v) is 9.15. The van der Waals surface area contributed by atoms with Gasteiger partial charge < -0.3 is 15.2 Å². The number of allylic oxidation sites excluding steroid dienone is 3. The highest BCUT2D eigenvalue weighted by atomic mass is 16.5. The molecule has 2 N–H and O–H groups in total. The first-order valence-electron chi connectivity index (χ1n) is 9.15. The third-order valence-corrected chi connectivity index (χ3v) is 5.36. The molecule has 5 heteroatoms. The number of nitrogens with two attached hydrogens (primary N) is 1. The monoisotopic (exact) mass is 372 g/mol. The maximum Gasteiger partial charge on any atom is 0.205 e. The predicted molar refractivity (Wildman–Crippen MR) is 104 cm³/mol. The van der Waals surface area contributed by atoms with Gasteiger partial charge in [0.25, 0.3) is 0 Å². The van der Waals surface area contributed by atoms with Crippen LogP contribution in [0.4, 0.5) is 0 Å². The van der Waals surface area contributed by atoms with Gasteiger partial charge >= 0.3 is 0 Å². The Kier molecular flexibility index (Phi) is 4.62. The number of nitriles is 1. The molecule has 5 nitrogen and oxygen atoms in total. The summed E-state index contributed by atoms with van der Waals surface area (Å²) < 4.78 is 11.1. The van der Waals surface area contributed by atoms with Crippen molar-refractivity contribution in [1.29, 1.82) is 5.26 Å². The van der Waals surface area contributed by atoms with Crippen LogP contribution in [0.1, 0.15) is 35.8 Å². The molecule has 0 radical (unpaired) electrons. The van der Waals surface area contributed by atoms with Crippen molar-refractivity contribution < 1.29 is 14.3 Å². The van der Waals surface area contributed by atoms with Gasteiger partial charge in [-0.2, -0.15) is 5.26 Å². The van der Waals surface area contributed by atoms with Crippen LogP contribution in [0.3, 0.4) is 0 Å². The van der Waals surface area contributed by atoms with E-state index in [1.165, 1.54) is 0 Å². The SMILES string of the molecule is COc1cccc([C@H]2C(C#N)=C(N)OC3=C2C(=O)C[C@@H](c2ccccc2)C3)c1. The minimum absolute atomic E-state index is 0.0110. The van der Waals surface area contributed by atoms with Gasteiger partial charge in [0, 0.05) is 18.4 Å². The van der Waals surface area contributed by atoms with E-state index in [2.05, 4.69) is 6.07 Å². The third-order valence-electron chi connectivity index (χ3n) is 5.36. The molecule has 2 aromatic rings. The standard InChI is InChI=1S/C23H20N2O3/c1-27-17-9-5-8-15(10-17)21-18(13-24)23(25)28-20-12-16(11-19(26)22(20)21)14-6-3-2-4-7-14/h2-10,16,21H,11-12,25H2,1H3/t16-,21+/m1/s1.